The number of aromatic nitrogens is 4. The molecule has 0 aliphatic carbocycles. The van der Waals surface area contributed by atoms with Gasteiger partial charge in [0.15, 0.2) is 0 Å². The quantitative estimate of drug-likeness (QED) is 0.564. The molecule has 5 nitrogen and oxygen atoms in total. The van der Waals surface area contributed by atoms with Gasteiger partial charge >= 0.3 is 0 Å². The Balaban J connectivity index is 1.75. The van der Waals surface area contributed by atoms with Crippen LogP contribution in [0.25, 0.3) is 32.4 Å². The predicted molar refractivity (Wildman–Crippen MR) is 101 cm³/mol. The van der Waals surface area contributed by atoms with Crippen molar-refractivity contribution < 1.29 is 0 Å². The number of rotatable bonds is 4. The predicted octanol–water partition coefficient (Wildman–Crippen LogP) is 4.75. The summed E-state index contributed by atoms with van der Waals surface area (Å²) in [4.78, 5) is 16.8. The van der Waals surface area contributed by atoms with Crippen LogP contribution in [0.2, 0.25) is 0 Å². The van der Waals surface area contributed by atoms with Gasteiger partial charge < -0.3 is 10.3 Å². The summed E-state index contributed by atoms with van der Waals surface area (Å²) in [7, 11) is 0. The van der Waals surface area contributed by atoms with Crippen LogP contribution in [0.3, 0.4) is 0 Å². The van der Waals surface area contributed by atoms with Crippen molar-refractivity contribution in [2.24, 2.45) is 0 Å². The number of hydrogen-bond donors (Lipinski definition) is 2. The SMILES string of the molecule is CCC(C)Nc1ncc2c(-c3ccc4nc(C)sc4c3)c[nH]c2n1. The summed E-state index contributed by atoms with van der Waals surface area (Å²) in [5, 5.41) is 5.43. The van der Waals surface area contributed by atoms with E-state index in [0.29, 0.717) is 12.0 Å². The van der Waals surface area contributed by atoms with Crippen LogP contribution in [0.4, 0.5) is 5.95 Å². The highest BCUT2D eigenvalue weighted by atomic mass is 32.1. The van der Waals surface area contributed by atoms with Gasteiger partial charge in [-0.25, -0.2) is 9.97 Å². The van der Waals surface area contributed by atoms with Crippen LogP contribution < -0.4 is 5.32 Å². The molecule has 0 saturated heterocycles. The van der Waals surface area contributed by atoms with E-state index in [1.807, 2.05) is 19.3 Å². The van der Waals surface area contributed by atoms with Crippen molar-refractivity contribution in [2.75, 3.05) is 5.32 Å². The fraction of sp³-hybridized carbons (Fsp3) is 0.278. The number of nitrogens with zero attached hydrogens (tertiary/aromatic N) is 3. The first-order valence-corrected chi connectivity index (χ1v) is 8.94. The zero-order valence-corrected chi connectivity index (χ0v) is 14.7. The summed E-state index contributed by atoms with van der Waals surface area (Å²) >= 11 is 1.72. The van der Waals surface area contributed by atoms with Gasteiger partial charge in [0.25, 0.3) is 0 Å². The number of benzene rings is 1. The molecule has 1 unspecified atom stereocenters. The van der Waals surface area contributed by atoms with E-state index in [9.17, 15) is 0 Å². The molecule has 24 heavy (non-hydrogen) atoms. The molecule has 0 fully saturated rings. The molecule has 0 radical (unpaired) electrons. The van der Waals surface area contributed by atoms with E-state index in [4.69, 9.17) is 0 Å². The number of aromatic amines is 1. The van der Waals surface area contributed by atoms with E-state index in [1.54, 1.807) is 11.3 Å². The number of H-pyrrole nitrogens is 1. The van der Waals surface area contributed by atoms with Crippen LogP contribution in [-0.4, -0.2) is 26.0 Å². The molecule has 0 aliphatic heterocycles. The molecule has 0 aliphatic rings. The van der Waals surface area contributed by atoms with Crippen molar-refractivity contribution in [2.45, 2.75) is 33.2 Å². The molecule has 0 bridgehead atoms. The highest BCUT2D eigenvalue weighted by molar-refractivity contribution is 7.18. The first kappa shape index (κ1) is 15.1. The van der Waals surface area contributed by atoms with Crippen LogP contribution in [-0.2, 0) is 0 Å². The number of fused-ring (bicyclic) bond motifs is 2. The Morgan fingerprint density at radius 1 is 1.29 bits per heavy atom. The largest absolute Gasteiger partial charge is 0.352 e. The lowest BCUT2D eigenvalue weighted by Gasteiger charge is -2.10. The summed E-state index contributed by atoms with van der Waals surface area (Å²) in [5.41, 5.74) is 4.18. The standard InChI is InChI=1S/C18H19N5S/c1-4-10(2)21-18-20-9-14-13(8-19-17(14)23-18)12-5-6-15-16(7-12)24-11(3)22-15/h5-10H,4H2,1-3H3,(H2,19,20,21,23). The maximum Gasteiger partial charge on any atom is 0.224 e. The number of thiazole rings is 1. The van der Waals surface area contributed by atoms with Crippen molar-refractivity contribution in [1.29, 1.82) is 0 Å². The normalized spacial score (nSPS) is 12.8. The van der Waals surface area contributed by atoms with Gasteiger partial charge in [-0.1, -0.05) is 13.0 Å². The van der Waals surface area contributed by atoms with E-state index >= 15 is 0 Å². The number of hydrogen-bond acceptors (Lipinski definition) is 5. The van der Waals surface area contributed by atoms with Gasteiger partial charge in [-0.2, -0.15) is 4.98 Å². The monoisotopic (exact) mass is 337 g/mol. The summed E-state index contributed by atoms with van der Waals surface area (Å²) in [6.45, 7) is 6.30. The van der Waals surface area contributed by atoms with E-state index in [-0.39, 0.29) is 0 Å². The Morgan fingerprint density at radius 3 is 3.00 bits per heavy atom. The number of nitrogens with one attached hydrogen (secondary N) is 2. The summed E-state index contributed by atoms with van der Waals surface area (Å²) in [6.07, 6.45) is 4.92. The fourth-order valence-electron chi connectivity index (χ4n) is 2.75. The maximum absolute atomic E-state index is 4.59. The van der Waals surface area contributed by atoms with Gasteiger partial charge in [0.2, 0.25) is 5.95 Å². The molecule has 1 aromatic carbocycles. The molecule has 4 aromatic rings. The molecule has 4 rings (SSSR count). The molecule has 0 saturated carbocycles. The van der Waals surface area contributed by atoms with E-state index in [2.05, 4.69) is 57.3 Å². The van der Waals surface area contributed by atoms with Crippen LogP contribution in [0.1, 0.15) is 25.3 Å². The second-order valence-electron chi connectivity index (χ2n) is 6.03. The molecule has 1 atom stereocenters. The third-order valence-electron chi connectivity index (χ3n) is 4.23. The lowest BCUT2D eigenvalue weighted by molar-refractivity contribution is 0.754. The highest BCUT2D eigenvalue weighted by Gasteiger charge is 2.11. The zero-order valence-electron chi connectivity index (χ0n) is 13.9. The van der Waals surface area contributed by atoms with Crippen LogP contribution >= 0.6 is 11.3 Å². The van der Waals surface area contributed by atoms with Crippen molar-refractivity contribution >= 4 is 38.5 Å². The van der Waals surface area contributed by atoms with Gasteiger partial charge in [-0.3, -0.25) is 0 Å². The molecule has 122 valence electrons. The van der Waals surface area contributed by atoms with E-state index < -0.39 is 0 Å². The smallest absolute Gasteiger partial charge is 0.224 e. The highest BCUT2D eigenvalue weighted by Crippen LogP contribution is 2.32. The number of anilines is 1. The molecule has 3 aromatic heterocycles. The average molecular weight is 337 g/mol. The number of aryl methyl sites for hydroxylation is 1. The summed E-state index contributed by atoms with van der Waals surface area (Å²) in [5.74, 6) is 0.666. The molecule has 0 spiro atoms. The second-order valence-corrected chi connectivity index (χ2v) is 7.26. The fourth-order valence-corrected chi connectivity index (χ4v) is 3.61. The van der Waals surface area contributed by atoms with Gasteiger partial charge in [0.05, 0.1) is 15.2 Å². The first-order valence-electron chi connectivity index (χ1n) is 8.12. The zero-order chi connectivity index (χ0) is 16.7. The lowest BCUT2D eigenvalue weighted by atomic mass is 10.1. The van der Waals surface area contributed by atoms with Gasteiger partial charge in [0, 0.05) is 29.4 Å². The van der Waals surface area contributed by atoms with Crippen molar-refractivity contribution in [1.82, 2.24) is 19.9 Å². The Labute approximate surface area is 144 Å². The third kappa shape index (κ3) is 2.63. The molecule has 6 heteroatoms. The first-order chi connectivity index (χ1) is 11.6. The van der Waals surface area contributed by atoms with Crippen molar-refractivity contribution in [3.63, 3.8) is 0 Å². The van der Waals surface area contributed by atoms with Gasteiger partial charge in [-0.05, 0) is 38.0 Å². The van der Waals surface area contributed by atoms with E-state index in [0.717, 1.165) is 39.1 Å². The minimum atomic E-state index is 0.355. The Morgan fingerprint density at radius 2 is 2.17 bits per heavy atom. The molecule has 0 amide bonds. The minimum Gasteiger partial charge on any atom is -0.352 e. The van der Waals surface area contributed by atoms with Crippen molar-refractivity contribution in [3.8, 4) is 11.1 Å². The maximum atomic E-state index is 4.59. The molecule has 2 N–H and O–H groups in total. The molecule has 3 heterocycles. The summed E-state index contributed by atoms with van der Waals surface area (Å²) < 4.78 is 1.20. The Hall–Kier alpha value is -2.47. The van der Waals surface area contributed by atoms with Gasteiger partial charge in [-0.15, -0.1) is 11.3 Å². The molecular formula is C18H19N5S. The third-order valence-corrected chi connectivity index (χ3v) is 5.16. The summed E-state index contributed by atoms with van der Waals surface area (Å²) in [6, 6.07) is 6.73. The molecular weight excluding hydrogens is 318 g/mol. The van der Waals surface area contributed by atoms with Crippen molar-refractivity contribution in [3.05, 3.63) is 35.6 Å². The average Bonchev–Trinajstić information content (AvgIpc) is 3.15. The lowest BCUT2D eigenvalue weighted by Crippen LogP contribution is -2.15. The Bertz CT molecular complexity index is 1020. The van der Waals surface area contributed by atoms with Crippen LogP contribution in [0.5, 0.6) is 0 Å². The van der Waals surface area contributed by atoms with Gasteiger partial charge in [0.1, 0.15) is 5.65 Å². The van der Waals surface area contributed by atoms with E-state index in [1.165, 1.54) is 4.70 Å². The topological polar surface area (TPSA) is 66.5 Å². The van der Waals surface area contributed by atoms with Crippen LogP contribution in [0, 0.1) is 6.92 Å². The minimum absolute atomic E-state index is 0.355. The van der Waals surface area contributed by atoms with Crippen LogP contribution in [0.15, 0.2) is 30.6 Å². The second kappa shape index (κ2) is 5.87. The Kier molecular flexibility index (Phi) is 3.69.